The minimum Gasteiger partial charge on any atom is -0.463 e. The van der Waals surface area contributed by atoms with E-state index in [2.05, 4.69) is 9.47 Å². The van der Waals surface area contributed by atoms with Gasteiger partial charge in [0, 0.05) is 6.92 Å². The fourth-order valence-corrected chi connectivity index (χ4v) is 0.399. The van der Waals surface area contributed by atoms with Crippen LogP contribution < -0.4 is 0 Å². The van der Waals surface area contributed by atoms with Gasteiger partial charge in [-0.15, -0.1) is 0 Å². The summed E-state index contributed by atoms with van der Waals surface area (Å²) in [4.78, 5) is 10.1. The third kappa shape index (κ3) is 7.39. The number of carbonyl (C=O) groups is 1. The molecule has 0 saturated carbocycles. The van der Waals surface area contributed by atoms with Gasteiger partial charge in [0.05, 0.1) is 6.61 Å². The molecule has 0 bridgehead atoms. The monoisotopic (exact) mass is 147 g/mol. The van der Waals surface area contributed by atoms with Gasteiger partial charge in [-0.1, -0.05) is 0 Å². The number of carbonyl (C=O) groups excluding carboxylic acids is 1. The summed E-state index contributed by atoms with van der Waals surface area (Å²) in [6, 6.07) is 0. The average Bonchev–Trinajstić information content (AvgIpc) is 1.79. The Labute approximate surface area is 59.7 Å². The van der Waals surface area contributed by atoms with Crippen LogP contribution in [0.4, 0.5) is 0 Å². The lowest BCUT2D eigenvalue weighted by Crippen LogP contribution is -2.12. The molecule has 0 aromatic rings. The first-order chi connectivity index (χ1) is 4.63. The summed E-state index contributed by atoms with van der Waals surface area (Å²) in [5.74, 6) is -0.359. The van der Waals surface area contributed by atoms with Crippen molar-refractivity contribution in [3.05, 3.63) is 0 Å². The molecule has 0 aliphatic rings. The molecule has 0 spiro atoms. The van der Waals surface area contributed by atoms with Crippen LogP contribution in [-0.2, 0) is 19.4 Å². The van der Waals surface area contributed by atoms with Crippen molar-refractivity contribution < 1.29 is 19.4 Å². The van der Waals surface area contributed by atoms with Crippen LogP contribution in [0.5, 0.6) is 0 Å². The molecular formula is C6H11O4. The maximum atomic E-state index is 10.2. The fourth-order valence-electron chi connectivity index (χ4n) is 0.399. The molecule has 0 aliphatic heterocycles. The quantitative estimate of drug-likeness (QED) is 0.327. The van der Waals surface area contributed by atoms with Crippen molar-refractivity contribution in [1.82, 2.24) is 0 Å². The number of hydrogen-bond acceptors (Lipinski definition) is 3. The fraction of sp³-hybridized carbons (Fsp3) is 0.833. The smallest absolute Gasteiger partial charge is 0.302 e. The average molecular weight is 147 g/mol. The molecule has 0 aromatic carbocycles. The highest BCUT2D eigenvalue weighted by atomic mass is 16.6. The summed E-state index contributed by atoms with van der Waals surface area (Å²) in [5, 5.41) is 10.2. The molecule has 4 heteroatoms. The maximum absolute atomic E-state index is 10.2. The van der Waals surface area contributed by atoms with E-state index in [0.717, 1.165) is 0 Å². The van der Waals surface area contributed by atoms with E-state index in [1.165, 1.54) is 13.8 Å². The second kappa shape index (κ2) is 5.20. The van der Waals surface area contributed by atoms with Crippen molar-refractivity contribution in [3.63, 3.8) is 0 Å². The molecule has 0 fully saturated rings. The number of hydrogen-bond donors (Lipinski definition) is 0. The minimum atomic E-state index is -1.05. The molecular weight excluding hydrogens is 136 g/mol. The van der Waals surface area contributed by atoms with Gasteiger partial charge in [-0.25, -0.2) is 5.11 Å². The highest BCUT2D eigenvalue weighted by molar-refractivity contribution is 5.65. The highest BCUT2D eigenvalue weighted by Gasteiger charge is 1.96. The van der Waals surface area contributed by atoms with E-state index in [1.807, 2.05) is 0 Å². The van der Waals surface area contributed by atoms with Crippen LogP contribution >= 0.6 is 0 Å². The van der Waals surface area contributed by atoms with Crippen molar-refractivity contribution >= 4 is 5.97 Å². The van der Waals surface area contributed by atoms with Gasteiger partial charge in [0.25, 0.3) is 0 Å². The van der Waals surface area contributed by atoms with Gasteiger partial charge in [-0.2, -0.15) is 0 Å². The van der Waals surface area contributed by atoms with Crippen LogP contribution in [-0.4, -0.2) is 25.5 Å². The van der Waals surface area contributed by atoms with Gasteiger partial charge in [-0.05, 0) is 6.92 Å². The van der Waals surface area contributed by atoms with Gasteiger partial charge in [0.1, 0.15) is 6.61 Å². The lowest BCUT2D eigenvalue weighted by molar-refractivity contribution is -0.154. The summed E-state index contributed by atoms with van der Waals surface area (Å²) in [6.07, 6.45) is -1.05. The summed E-state index contributed by atoms with van der Waals surface area (Å²) in [6.45, 7) is 3.01. The minimum absolute atomic E-state index is 0.155. The van der Waals surface area contributed by atoms with E-state index in [9.17, 15) is 9.90 Å². The van der Waals surface area contributed by atoms with Gasteiger partial charge in [0.2, 0.25) is 0 Å². The molecule has 59 valence electrons. The van der Waals surface area contributed by atoms with Crippen LogP contribution in [0.2, 0.25) is 0 Å². The first-order valence-corrected chi connectivity index (χ1v) is 3.03. The zero-order valence-electron chi connectivity index (χ0n) is 6.12. The summed E-state index contributed by atoms with van der Waals surface area (Å²) >= 11 is 0. The Balaban J connectivity index is 2.98. The van der Waals surface area contributed by atoms with E-state index < -0.39 is 6.29 Å². The number of rotatable bonds is 4. The zero-order valence-corrected chi connectivity index (χ0v) is 6.12. The highest BCUT2D eigenvalue weighted by Crippen LogP contribution is 1.85. The van der Waals surface area contributed by atoms with Gasteiger partial charge < -0.3 is 9.47 Å². The molecule has 0 heterocycles. The van der Waals surface area contributed by atoms with Crippen LogP contribution in [0.1, 0.15) is 13.8 Å². The van der Waals surface area contributed by atoms with Crippen molar-refractivity contribution in [1.29, 1.82) is 0 Å². The Morgan fingerprint density at radius 1 is 1.50 bits per heavy atom. The molecule has 0 saturated heterocycles. The lowest BCUT2D eigenvalue weighted by atomic mass is 10.7. The molecule has 1 radical (unpaired) electrons. The molecule has 4 nitrogen and oxygen atoms in total. The molecule has 1 unspecified atom stereocenters. The van der Waals surface area contributed by atoms with Crippen LogP contribution in [0.25, 0.3) is 0 Å². The SMILES string of the molecule is CC(=O)OCCOC(C)[O]. The normalized spacial score (nSPS) is 12.7. The van der Waals surface area contributed by atoms with Crippen molar-refractivity contribution in [2.24, 2.45) is 0 Å². The van der Waals surface area contributed by atoms with Crippen LogP contribution in [0.15, 0.2) is 0 Å². The molecule has 0 amide bonds. The van der Waals surface area contributed by atoms with E-state index >= 15 is 0 Å². The number of ether oxygens (including phenoxy) is 2. The topological polar surface area (TPSA) is 55.4 Å². The Kier molecular flexibility index (Phi) is 4.88. The molecule has 1 atom stereocenters. The van der Waals surface area contributed by atoms with Gasteiger partial charge >= 0.3 is 5.97 Å². The summed E-state index contributed by atoms with van der Waals surface area (Å²) < 4.78 is 9.05. The maximum Gasteiger partial charge on any atom is 0.302 e. The first kappa shape index (κ1) is 9.39. The van der Waals surface area contributed by atoms with Crippen LogP contribution in [0, 0.1) is 0 Å². The standard InChI is InChI=1S/C6H11O4/c1-5(7)9-3-4-10-6(2)8/h5H,3-4H2,1-2H3. The zero-order chi connectivity index (χ0) is 7.98. The largest absolute Gasteiger partial charge is 0.463 e. The van der Waals surface area contributed by atoms with Crippen molar-refractivity contribution in [2.75, 3.05) is 13.2 Å². The third-order valence-electron chi connectivity index (χ3n) is 0.741. The Morgan fingerprint density at radius 3 is 2.50 bits per heavy atom. The molecule has 0 N–H and O–H groups in total. The Morgan fingerprint density at radius 2 is 2.10 bits per heavy atom. The molecule has 0 aromatic heterocycles. The molecule has 0 aliphatic carbocycles. The van der Waals surface area contributed by atoms with E-state index in [1.54, 1.807) is 0 Å². The van der Waals surface area contributed by atoms with Gasteiger partial charge in [0.15, 0.2) is 6.29 Å². The summed E-state index contributed by atoms with van der Waals surface area (Å²) in [7, 11) is 0. The van der Waals surface area contributed by atoms with E-state index in [-0.39, 0.29) is 19.2 Å². The summed E-state index contributed by atoms with van der Waals surface area (Å²) in [5.41, 5.74) is 0. The Hall–Kier alpha value is -0.610. The third-order valence-corrected chi connectivity index (χ3v) is 0.741. The van der Waals surface area contributed by atoms with Crippen molar-refractivity contribution in [3.8, 4) is 0 Å². The number of esters is 1. The second-order valence-corrected chi connectivity index (χ2v) is 1.78. The van der Waals surface area contributed by atoms with Gasteiger partial charge in [-0.3, -0.25) is 4.79 Å². The predicted molar refractivity (Wildman–Crippen MR) is 32.7 cm³/mol. The van der Waals surface area contributed by atoms with E-state index in [4.69, 9.17) is 0 Å². The Bertz CT molecular complexity index is 99.9. The lowest BCUT2D eigenvalue weighted by Gasteiger charge is -2.03. The predicted octanol–water partition coefficient (Wildman–Crippen LogP) is 0.343. The molecule has 0 rings (SSSR count). The van der Waals surface area contributed by atoms with Crippen LogP contribution in [0.3, 0.4) is 0 Å². The first-order valence-electron chi connectivity index (χ1n) is 3.03. The van der Waals surface area contributed by atoms with Crippen molar-refractivity contribution in [2.45, 2.75) is 20.1 Å². The van der Waals surface area contributed by atoms with E-state index in [0.29, 0.717) is 0 Å². The second-order valence-electron chi connectivity index (χ2n) is 1.78. The molecule has 10 heavy (non-hydrogen) atoms.